The number of carbonyl (C=O) groups excluding carboxylic acids is 1. The molecule has 7 heteroatoms. The van der Waals surface area contributed by atoms with Gasteiger partial charge in [0, 0.05) is 25.5 Å². The Bertz CT molecular complexity index is 789. The van der Waals surface area contributed by atoms with Crippen LogP contribution in [0.25, 0.3) is 11.0 Å². The summed E-state index contributed by atoms with van der Waals surface area (Å²) in [4.78, 5) is 18.4. The first kappa shape index (κ1) is 19.1. The molecule has 1 aliphatic heterocycles. The van der Waals surface area contributed by atoms with E-state index in [1.54, 1.807) is 7.05 Å². The zero-order valence-corrected chi connectivity index (χ0v) is 16.4. The molecule has 1 atom stereocenters. The average molecular weight is 372 g/mol. The van der Waals surface area contributed by atoms with Gasteiger partial charge in [-0.05, 0) is 39.3 Å². The third-order valence-corrected chi connectivity index (χ3v) is 4.32. The third kappa shape index (κ3) is 5.15. The lowest BCUT2D eigenvalue weighted by Gasteiger charge is -2.23. The molecule has 3 rings (SSSR count). The Morgan fingerprint density at radius 2 is 2.15 bits per heavy atom. The highest BCUT2D eigenvalue weighted by molar-refractivity contribution is 5.81. The first-order valence-electron chi connectivity index (χ1n) is 9.26. The number of para-hydroxylation sites is 1. The van der Waals surface area contributed by atoms with Crippen molar-refractivity contribution >= 4 is 23.0 Å². The van der Waals surface area contributed by atoms with Crippen LogP contribution < -0.4 is 10.6 Å². The number of benzene rings is 1. The fourth-order valence-electron chi connectivity index (χ4n) is 3.17. The molecule has 1 fully saturated rings. The number of fused-ring (bicyclic) bond motifs is 1. The number of hydrogen-bond donors (Lipinski definition) is 2. The maximum atomic E-state index is 11.9. The van der Waals surface area contributed by atoms with Gasteiger partial charge in [0.2, 0.25) is 0 Å². The Labute approximate surface area is 159 Å². The van der Waals surface area contributed by atoms with Crippen molar-refractivity contribution in [1.29, 1.82) is 0 Å². The minimum Gasteiger partial charge on any atom is -0.459 e. The minimum atomic E-state index is -0.494. The van der Waals surface area contributed by atoms with Crippen LogP contribution in [-0.2, 0) is 11.3 Å². The molecule has 146 valence electrons. The summed E-state index contributed by atoms with van der Waals surface area (Å²) >= 11 is 0. The smallest absolute Gasteiger partial charge is 0.407 e. The SMILES string of the molecule is CN=C(NCc1cc2ccccc2o1)N1CCC(NC(=O)OC(C)(C)C)C1. The molecule has 1 amide bonds. The number of alkyl carbamates (subject to hydrolysis) is 1. The summed E-state index contributed by atoms with van der Waals surface area (Å²) < 4.78 is 11.2. The fourth-order valence-corrected chi connectivity index (χ4v) is 3.17. The van der Waals surface area contributed by atoms with E-state index in [4.69, 9.17) is 9.15 Å². The van der Waals surface area contributed by atoms with Crippen LogP contribution in [0, 0.1) is 0 Å². The van der Waals surface area contributed by atoms with E-state index in [1.165, 1.54) is 0 Å². The Hall–Kier alpha value is -2.70. The van der Waals surface area contributed by atoms with E-state index < -0.39 is 5.60 Å². The highest BCUT2D eigenvalue weighted by Crippen LogP contribution is 2.19. The van der Waals surface area contributed by atoms with Crippen molar-refractivity contribution in [2.45, 2.75) is 45.4 Å². The van der Waals surface area contributed by atoms with Crippen LogP contribution >= 0.6 is 0 Å². The van der Waals surface area contributed by atoms with Crippen molar-refractivity contribution in [2.75, 3.05) is 20.1 Å². The molecule has 1 aromatic heterocycles. The molecule has 2 aromatic rings. The lowest BCUT2D eigenvalue weighted by atomic mass is 10.2. The van der Waals surface area contributed by atoms with Crippen LogP contribution in [0.4, 0.5) is 4.79 Å². The van der Waals surface area contributed by atoms with E-state index in [0.29, 0.717) is 13.1 Å². The first-order valence-corrected chi connectivity index (χ1v) is 9.26. The van der Waals surface area contributed by atoms with Gasteiger partial charge in [0.25, 0.3) is 0 Å². The van der Waals surface area contributed by atoms with Gasteiger partial charge in [0.1, 0.15) is 16.9 Å². The number of aliphatic imine (C=N–C) groups is 1. The van der Waals surface area contributed by atoms with E-state index in [9.17, 15) is 4.79 Å². The van der Waals surface area contributed by atoms with Crippen LogP contribution in [0.5, 0.6) is 0 Å². The molecule has 0 bridgehead atoms. The second kappa shape index (κ2) is 7.90. The van der Waals surface area contributed by atoms with Gasteiger partial charge in [-0.15, -0.1) is 0 Å². The van der Waals surface area contributed by atoms with Crippen LogP contribution in [0.15, 0.2) is 39.7 Å². The van der Waals surface area contributed by atoms with Gasteiger partial charge in [-0.1, -0.05) is 18.2 Å². The van der Waals surface area contributed by atoms with Crippen molar-refractivity contribution in [2.24, 2.45) is 4.99 Å². The lowest BCUT2D eigenvalue weighted by molar-refractivity contribution is 0.0507. The maximum Gasteiger partial charge on any atom is 0.407 e. The number of likely N-dealkylation sites (tertiary alicyclic amines) is 1. The number of amides is 1. The Morgan fingerprint density at radius 3 is 2.85 bits per heavy atom. The van der Waals surface area contributed by atoms with Crippen molar-refractivity contribution in [3.63, 3.8) is 0 Å². The van der Waals surface area contributed by atoms with Gasteiger partial charge in [-0.3, -0.25) is 4.99 Å². The van der Waals surface area contributed by atoms with Crippen LogP contribution in [-0.4, -0.2) is 48.7 Å². The maximum absolute atomic E-state index is 11.9. The molecule has 1 aliphatic rings. The molecule has 0 aliphatic carbocycles. The number of guanidine groups is 1. The average Bonchev–Trinajstić information content (AvgIpc) is 3.20. The second-order valence-corrected chi connectivity index (χ2v) is 7.73. The summed E-state index contributed by atoms with van der Waals surface area (Å²) in [5.74, 6) is 1.66. The summed E-state index contributed by atoms with van der Waals surface area (Å²) in [6.45, 7) is 7.65. The molecule has 1 aromatic carbocycles. The molecule has 1 saturated heterocycles. The van der Waals surface area contributed by atoms with Crippen molar-refractivity contribution in [3.8, 4) is 0 Å². The van der Waals surface area contributed by atoms with Gasteiger partial charge in [-0.2, -0.15) is 0 Å². The summed E-state index contributed by atoms with van der Waals surface area (Å²) in [6.07, 6.45) is 0.476. The number of hydrogen-bond acceptors (Lipinski definition) is 4. The second-order valence-electron chi connectivity index (χ2n) is 7.73. The van der Waals surface area contributed by atoms with Gasteiger partial charge < -0.3 is 24.7 Å². The van der Waals surface area contributed by atoms with E-state index >= 15 is 0 Å². The highest BCUT2D eigenvalue weighted by Gasteiger charge is 2.27. The largest absolute Gasteiger partial charge is 0.459 e. The summed E-state index contributed by atoms with van der Waals surface area (Å²) in [5.41, 5.74) is 0.388. The molecular weight excluding hydrogens is 344 g/mol. The first-order chi connectivity index (χ1) is 12.8. The summed E-state index contributed by atoms with van der Waals surface area (Å²) in [6, 6.07) is 10.0. The zero-order valence-electron chi connectivity index (χ0n) is 16.4. The number of rotatable bonds is 3. The number of ether oxygens (including phenoxy) is 1. The van der Waals surface area contributed by atoms with E-state index in [2.05, 4.69) is 20.5 Å². The Morgan fingerprint density at radius 1 is 1.37 bits per heavy atom. The number of carbonyl (C=O) groups is 1. The summed E-state index contributed by atoms with van der Waals surface area (Å²) in [5, 5.41) is 7.36. The topological polar surface area (TPSA) is 79.1 Å². The molecular formula is C20H28N4O3. The fraction of sp³-hybridized carbons (Fsp3) is 0.500. The highest BCUT2D eigenvalue weighted by atomic mass is 16.6. The van der Waals surface area contributed by atoms with Gasteiger partial charge in [0.15, 0.2) is 5.96 Å². The predicted octanol–water partition coefficient (Wildman–Crippen LogP) is 3.11. The van der Waals surface area contributed by atoms with Crippen molar-refractivity contribution < 1.29 is 13.9 Å². The van der Waals surface area contributed by atoms with Crippen molar-refractivity contribution in [1.82, 2.24) is 15.5 Å². The molecule has 0 saturated carbocycles. The molecule has 0 spiro atoms. The van der Waals surface area contributed by atoms with Crippen LogP contribution in [0.3, 0.4) is 0 Å². The van der Waals surface area contributed by atoms with Gasteiger partial charge in [-0.25, -0.2) is 4.79 Å². The normalized spacial score (nSPS) is 18.0. The molecule has 7 nitrogen and oxygen atoms in total. The molecule has 2 heterocycles. The quantitative estimate of drug-likeness (QED) is 0.639. The predicted molar refractivity (Wildman–Crippen MR) is 106 cm³/mol. The standard InChI is InChI=1S/C20H28N4O3/c1-20(2,3)27-19(25)23-15-9-10-24(13-15)18(21-4)22-12-16-11-14-7-5-6-8-17(14)26-16/h5-8,11,15H,9-10,12-13H2,1-4H3,(H,21,22)(H,23,25). The zero-order chi connectivity index (χ0) is 19.4. The Balaban J connectivity index is 1.51. The van der Waals surface area contributed by atoms with E-state index in [-0.39, 0.29) is 12.1 Å². The van der Waals surface area contributed by atoms with E-state index in [1.807, 2.05) is 51.1 Å². The number of nitrogens with one attached hydrogen (secondary N) is 2. The molecule has 2 N–H and O–H groups in total. The van der Waals surface area contributed by atoms with Crippen LogP contribution in [0.2, 0.25) is 0 Å². The Kier molecular flexibility index (Phi) is 5.58. The lowest BCUT2D eigenvalue weighted by Crippen LogP contribution is -2.44. The molecule has 0 radical (unpaired) electrons. The monoisotopic (exact) mass is 372 g/mol. The van der Waals surface area contributed by atoms with Gasteiger partial charge >= 0.3 is 6.09 Å². The van der Waals surface area contributed by atoms with Gasteiger partial charge in [0.05, 0.1) is 12.6 Å². The summed E-state index contributed by atoms with van der Waals surface area (Å²) in [7, 11) is 1.76. The van der Waals surface area contributed by atoms with Crippen LogP contribution in [0.1, 0.15) is 33.0 Å². The number of nitrogens with zero attached hydrogens (tertiary/aromatic N) is 2. The van der Waals surface area contributed by atoms with E-state index in [0.717, 1.165) is 35.7 Å². The molecule has 27 heavy (non-hydrogen) atoms. The third-order valence-electron chi connectivity index (χ3n) is 4.32. The number of furan rings is 1. The molecule has 1 unspecified atom stereocenters. The minimum absolute atomic E-state index is 0.0459. The van der Waals surface area contributed by atoms with Crippen molar-refractivity contribution in [3.05, 3.63) is 36.1 Å².